The second-order valence-corrected chi connectivity index (χ2v) is 8.40. The topological polar surface area (TPSA) is 15.3 Å². The van der Waals surface area contributed by atoms with E-state index in [1.165, 1.54) is 83.8 Å². The predicted octanol–water partition coefficient (Wildman–Crippen LogP) is 4.20. The average Bonchev–Trinajstić information content (AvgIpc) is 3.30. The van der Waals surface area contributed by atoms with E-state index in [9.17, 15) is 0 Å². The molecule has 1 saturated heterocycles. The lowest BCUT2D eigenvalue weighted by molar-refractivity contribution is 0.0505. The molecule has 0 aromatic heterocycles. The number of nitrogens with zero attached hydrogens (tertiary/aromatic N) is 1. The Labute approximate surface area is 132 Å². The first-order chi connectivity index (χ1) is 10.2. The van der Waals surface area contributed by atoms with Gasteiger partial charge in [-0.25, -0.2) is 0 Å². The third-order valence-corrected chi connectivity index (χ3v) is 6.55. The second kappa shape index (κ2) is 7.00. The molecular weight excluding hydrogens is 256 g/mol. The molecule has 21 heavy (non-hydrogen) atoms. The number of nitrogens with one attached hydrogen (secondary N) is 1. The lowest BCUT2D eigenvalue weighted by Crippen LogP contribution is -2.50. The summed E-state index contributed by atoms with van der Waals surface area (Å²) in [7, 11) is 0. The lowest BCUT2D eigenvalue weighted by Gasteiger charge is -2.45. The normalized spacial score (nSPS) is 34.6. The molecule has 0 amide bonds. The van der Waals surface area contributed by atoms with Gasteiger partial charge in [0.15, 0.2) is 0 Å². The Kier molecular flexibility index (Phi) is 5.27. The van der Waals surface area contributed by atoms with Gasteiger partial charge < -0.3 is 5.32 Å². The Hall–Kier alpha value is -0.0800. The van der Waals surface area contributed by atoms with E-state index in [4.69, 9.17) is 0 Å². The Morgan fingerprint density at radius 1 is 0.952 bits per heavy atom. The molecule has 0 spiro atoms. The first-order valence-electron chi connectivity index (χ1n) is 9.66. The molecule has 0 radical (unpaired) electrons. The van der Waals surface area contributed by atoms with Crippen LogP contribution in [0.4, 0.5) is 0 Å². The Bertz CT molecular complexity index is 316. The van der Waals surface area contributed by atoms with Crippen LogP contribution in [0.2, 0.25) is 0 Å². The maximum Gasteiger partial charge on any atom is 0.00928 e. The van der Waals surface area contributed by atoms with Gasteiger partial charge in [0.2, 0.25) is 0 Å². The number of likely N-dealkylation sites (tertiary alicyclic amines) is 1. The molecule has 122 valence electrons. The Morgan fingerprint density at radius 3 is 2.33 bits per heavy atom. The second-order valence-electron chi connectivity index (χ2n) is 8.40. The standard InChI is InChI=1S/C19H36N2/c1-16-8-7-13-21(17(16)2)15-19(14-20-18-9-10-18)11-5-3-4-6-12-19/h16-18,20H,3-15H2,1-2H3. The molecule has 2 atom stereocenters. The van der Waals surface area contributed by atoms with Crippen molar-refractivity contribution >= 4 is 0 Å². The van der Waals surface area contributed by atoms with Gasteiger partial charge >= 0.3 is 0 Å². The molecule has 1 heterocycles. The molecule has 0 aromatic carbocycles. The van der Waals surface area contributed by atoms with Crippen LogP contribution in [-0.4, -0.2) is 36.6 Å². The number of rotatable bonds is 5. The van der Waals surface area contributed by atoms with Gasteiger partial charge in [-0.3, -0.25) is 4.90 Å². The highest BCUT2D eigenvalue weighted by molar-refractivity contribution is 4.93. The summed E-state index contributed by atoms with van der Waals surface area (Å²) in [6, 6.07) is 1.66. The fraction of sp³-hybridized carbons (Fsp3) is 1.00. The summed E-state index contributed by atoms with van der Waals surface area (Å²) in [6.07, 6.45) is 14.5. The van der Waals surface area contributed by atoms with Crippen molar-refractivity contribution in [3.63, 3.8) is 0 Å². The zero-order valence-corrected chi connectivity index (χ0v) is 14.4. The molecule has 2 unspecified atom stereocenters. The zero-order valence-electron chi connectivity index (χ0n) is 14.4. The minimum absolute atomic E-state index is 0.574. The molecule has 0 aromatic rings. The van der Waals surface area contributed by atoms with Gasteiger partial charge in [0.1, 0.15) is 0 Å². The van der Waals surface area contributed by atoms with Crippen LogP contribution in [0.3, 0.4) is 0 Å². The first kappa shape index (κ1) is 15.8. The van der Waals surface area contributed by atoms with Crippen LogP contribution in [0.15, 0.2) is 0 Å². The van der Waals surface area contributed by atoms with E-state index in [1.54, 1.807) is 0 Å². The maximum absolute atomic E-state index is 3.88. The Balaban J connectivity index is 1.64. The van der Waals surface area contributed by atoms with Crippen LogP contribution in [0.5, 0.6) is 0 Å². The summed E-state index contributed by atoms with van der Waals surface area (Å²) in [5, 5.41) is 3.88. The Morgan fingerprint density at radius 2 is 1.67 bits per heavy atom. The highest BCUT2D eigenvalue weighted by atomic mass is 15.2. The molecule has 2 nitrogen and oxygen atoms in total. The fourth-order valence-corrected chi connectivity index (χ4v) is 4.59. The molecule has 1 N–H and O–H groups in total. The van der Waals surface area contributed by atoms with Crippen molar-refractivity contribution in [2.75, 3.05) is 19.6 Å². The monoisotopic (exact) mass is 292 g/mol. The average molecular weight is 293 g/mol. The van der Waals surface area contributed by atoms with Crippen LogP contribution in [0.25, 0.3) is 0 Å². The summed E-state index contributed by atoms with van der Waals surface area (Å²) >= 11 is 0. The third kappa shape index (κ3) is 4.22. The maximum atomic E-state index is 3.88. The van der Waals surface area contributed by atoms with E-state index in [1.807, 2.05) is 0 Å². The largest absolute Gasteiger partial charge is 0.313 e. The molecule has 2 aliphatic carbocycles. The molecule has 3 rings (SSSR count). The molecule has 3 fully saturated rings. The van der Waals surface area contributed by atoms with Crippen molar-refractivity contribution in [1.82, 2.24) is 10.2 Å². The number of piperidine rings is 1. The zero-order chi connectivity index (χ0) is 14.7. The van der Waals surface area contributed by atoms with Crippen molar-refractivity contribution in [3.05, 3.63) is 0 Å². The summed E-state index contributed by atoms with van der Waals surface area (Å²) in [4.78, 5) is 2.84. The van der Waals surface area contributed by atoms with Gasteiger partial charge in [0.25, 0.3) is 0 Å². The van der Waals surface area contributed by atoms with Crippen LogP contribution < -0.4 is 5.32 Å². The van der Waals surface area contributed by atoms with E-state index in [0.29, 0.717) is 5.41 Å². The molecule has 3 aliphatic rings. The van der Waals surface area contributed by atoms with E-state index in [2.05, 4.69) is 24.1 Å². The number of hydrogen-bond donors (Lipinski definition) is 1. The molecule has 1 aliphatic heterocycles. The first-order valence-corrected chi connectivity index (χ1v) is 9.66. The van der Waals surface area contributed by atoms with Gasteiger partial charge in [-0.1, -0.05) is 32.6 Å². The van der Waals surface area contributed by atoms with Gasteiger partial charge in [0, 0.05) is 25.2 Å². The highest BCUT2D eigenvalue weighted by Crippen LogP contribution is 2.38. The summed E-state index contributed by atoms with van der Waals surface area (Å²) < 4.78 is 0. The molecular formula is C19H36N2. The SMILES string of the molecule is CC1CCCN(CC2(CNC3CC3)CCCCCC2)C1C. The lowest BCUT2D eigenvalue weighted by atomic mass is 9.78. The van der Waals surface area contributed by atoms with Gasteiger partial charge in [-0.2, -0.15) is 0 Å². The van der Waals surface area contributed by atoms with Crippen molar-refractivity contribution < 1.29 is 0 Å². The van der Waals surface area contributed by atoms with Crippen molar-refractivity contribution in [2.45, 2.75) is 90.1 Å². The van der Waals surface area contributed by atoms with E-state index < -0.39 is 0 Å². The summed E-state index contributed by atoms with van der Waals surface area (Å²) in [5.41, 5.74) is 0.574. The smallest absolute Gasteiger partial charge is 0.00928 e. The van der Waals surface area contributed by atoms with E-state index in [0.717, 1.165) is 18.0 Å². The molecule has 0 bridgehead atoms. The molecule has 2 saturated carbocycles. The van der Waals surface area contributed by atoms with Gasteiger partial charge in [-0.15, -0.1) is 0 Å². The van der Waals surface area contributed by atoms with Crippen LogP contribution in [0, 0.1) is 11.3 Å². The van der Waals surface area contributed by atoms with Crippen molar-refractivity contribution in [2.24, 2.45) is 11.3 Å². The minimum atomic E-state index is 0.574. The van der Waals surface area contributed by atoms with Crippen LogP contribution >= 0.6 is 0 Å². The van der Waals surface area contributed by atoms with Crippen LogP contribution in [0.1, 0.15) is 78.1 Å². The van der Waals surface area contributed by atoms with Gasteiger partial charge in [0.05, 0.1) is 0 Å². The predicted molar refractivity (Wildman–Crippen MR) is 90.6 cm³/mol. The van der Waals surface area contributed by atoms with Gasteiger partial charge in [-0.05, 0) is 63.3 Å². The number of hydrogen-bond acceptors (Lipinski definition) is 2. The summed E-state index contributed by atoms with van der Waals surface area (Å²) in [6.45, 7) is 8.92. The third-order valence-electron chi connectivity index (χ3n) is 6.55. The van der Waals surface area contributed by atoms with Crippen molar-refractivity contribution in [3.8, 4) is 0 Å². The fourth-order valence-electron chi connectivity index (χ4n) is 4.59. The quantitative estimate of drug-likeness (QED) is 0.764. The van der Waals surface area contributed by atoms with E-state index >= 15 is 0 Å². The minimum Gasteiger partial charge on any atom is -0.313 e. The van der Waals surface area contributed by atoms with Crippen LogP contribution in [-0.2, 0) is 0 Å². The van der Waals surface area contributed by atoms with E-state index in [-0.39, 0.29) is 0 Å². The van der Waals surface area contributed by atoms with Crippen molar-refractivity contribution in [1.29, 1.82) is 0 Å². The summed E-state index contributed by atoms with van der Waals surface area (Å²) in [5.74, 6) is 0.887. The molecule has 2 heteroatoms. The highest BCUT2D eigenvalue weighted by Gasteiger charge is 2.37.